The summed E-state index contributed by atoms with van der Waals surface area (Å²) in [5.74, 6) is 0. The largest absolute Gasteiger partial charge is 0.744 e. The lowest BCUT2D eigenvalue weighted by atomic mass is 10.1. The van der Waals surface area contributed by atoms with Crippen molar-refractivity contribution in [2.75, 3.05) is 20.6 Å². The van der Waals surface area contributed by atoms with E-state index in [0.717, 1.165) is 0 Å². The Morgan fingerprint density at radius 2 is 1.57 bits per heavy atom. The van der Waals surface area contributed by atoms with Crippen LogP contribution in [0.15, 0.2) is 35.7 Å². The van der Waals surface area contributed by atoms with Crippen molar-refractivity contribution in [3.63, 3.8) is 0 Å². The van der Waals surface area contributed by atoms with Crippen molar-refractivity contribution in [3.05, 3.63) is 41.3 Å². The molecule has 0 aliphatic rings. The van der Waals surface area contributed by atoms with Crippen LogP contribution in [0.1, 0.15) is 51.0 Å². The van der Waals surface area contributed by atoms with Crippen LogP contribution in [0.2, 0.25) is 0 Å². The van der Waals surface area contributed by atoms with Crippen LogP contribution in [0.3, 0.4) is 0 Å². The molecule has 0 heterocycles. The highest BCUT2D eigenvalue weighted by Crippen LogP contribution is 2.03. The minimum atomic E-state index is -4.25. The van der Waals surface area contributed by atoms with Gasteiger partial charge in [0.2, 0.25) is 0 Å². The molecule has 1 aromatic carbocycles. The van der Waals surface area contributed by atoms with Gasteiger partial charge in [0, 0.05) is 5.41 Å². The van der Waals surface area contributed by atoms with Gasteiger partial charge in [-0.15, -0.1) is 0 Å². The predicted octanol–water partition coefficient (Wildman–Crippen LogP) is 2.69. The SMILES string of the molecule is CCCCCCCC[NH+](C)C.O=S(=O)([O-])C=Cc1ccccc1. The van der Waals surface area contributed by atoms with Gasteiger partial charge in [-0.1, -0.05) is 62.9 Å². The minimum absolute atomic E-state index is 0.641. The summed E-state index contributed by atoms with van der Waals surface area (Å²) in [6.07, 6.45) is 9.79. The van der Waals surface area contributed by atoms with Crippen molar-refractivity contribution in [1.82, 2.24) is 0 Å². The molecule has 0 aliphatic carbocycles. The molecule has 1 rings (SSSR count). The molecule has 1 aromatic rings. The fourth-order valence-corrected chi connectivity index (χ4v) is 2.31. The Balaban J connectivity index is 0.000000423. The molecule has 0 atom stereocenters. The van der Waals surface area contributed by atoms with Crippen LogP contribution in [0, 0.1) is 0 Å². The Morgan fingerprint density at radius 3 is 2.09 bits per heavy atom. The molecular formula is C18H31NO3S. The fraction of sp³-hybridized carbons (Fsp3) is 0.556. The number of nitrogens with one attached hydrogen (secondary N) is 1. The second kappa shape index (κ2) is 13.3. The average Bonchev–Trinajstić information content (AvgIpc) is 2.49. The topological polar surface area (TPSA) is 61.6 Å². The highest BCUT2D eigenvalue weighted by molar-refractivity contribution is 7.88. The van der Waals surface area contributed by atoms with Gasteiger partial charge in [-0.25, -0.2) is 8.42 Å². The second-order valence-electron chi connectivity index (χ2n) is 5.93. The summed E-state index contributed by atoms with van der Waals surface area (Å²) in [5.41, 5.74) is 0.692. The molecule has 0 radical (unpaired) electrons. The van der Waals surface area contributed by atoms with E-state index < -0.39 is 10.1 Å². The number of rotatable bonds is 9. The number of unbranched alkanes of at least 4 members (excludes halogenated alkanes) is 5. The van der Waals surface area contributed by atoms with E-state index in [-0.39, 0.29) is 0 Å². The standard InChI is InChI=1S/C10H23N.C8H8O3S/c1-4-5-6-7-8-9-10-11(2)3;9-12(10,11)7-6-8-4-2-1-3-5-8/h4-10H2,1-3H3;1-7H,(H,9,10,11). The lowest BCUT2D eigenvalue weighted by Crippen LogP contribution is -3.05. The molecule has 0 aromatic heterocycles. The van der Waals surface area contributed by atoms with Crippen LogP contribution in [0.5, 0.6) is 0 Å². The summed E-state index contributed by atoms with van der Waals surface area (Å²) >= 11 is 0. The number of quaternary nitrogens is 1. The molecule has 132 valence electrons. The molecule has 0 amide bonds. The van der Waals surface area contributed by atoms with Gasteiger partial charge in [-0.2, -0.15) is 0 Å². The quantitative estimate of drug-likeness (QED) is 0.555. The average molecular weight is 342 g/mol. The van der Waals surface area contributed by atoms with Crippen LogP contribution in [0.4, 0.5) is 0 Å². The number of hydrogen-bond acceptors (Lipinski definition) is 3. The summed E-state index contributed by atoms with van der Waals surface area (Å²) in [6, 6.07) is 8.75. The van der Waals surface area contributed by atoms with E-state index in [1.807, 2.05) is 6.07 Å². The minimum Gasteiger partial charge on any atom is -0.744 e. The van der Waals surface area contributed by atoms with Crippen molar-refractivity contribution in [2.45, 2.75) is 45.4 Å². The molecule has 4 nitrogen and oxygen atoms in total. The van der Waals surface area contributed by atoms with Crippen LogP contribution < -0.4 is 4.90 Å². The first-order chi connectivity index (χ1) is 10.8. The first kappa shape index (κ1) is 21.8. The summed E-state index contributed by atoms with van der Waals surface area (Å²) in [6.45, 7) is 3.61. The van der Waals surface area contributed by atoms with Gasteiger partial charge in [0.1, 0.15) is 10.1 Å². The molecular weight excluding hydrogens is 310 g/mol. The molecule has 0 aliphatic heterocycles. The summed E-state index contributed by atoms with van der Waals surface area (Å²) in [4.78, 5) is 1.58. The second-order valence-corrected chi connectivity index (χ2v) is 7.19. The van der Waals surface area contributed by atoms with Crippen molar-refractivity contribution in [1.29, 1.82) is 0 Å². The van der Waals surface area contributed by atoms with Crippen molar-refractivity contribution < 1.29 is 17.9 Å². The molecule has 0 saturated carbocycles. The van der Waals surface area contributed by atoms with Gasteiger partial charge in [0.25, 0.3) is 0 Å². The zero-order valence-corrected chi connectivity index (χ0v) is 15.4. The first-order valence-corrected chi connectivity index (χ1v) is 9.80. The normalized spacial score (nSPS) is 11.5. The number of benzene rings is 1. The van der Waals surface area contributed by atoms with Crippen LogP contribution in [-0.2, 0) is 10.1 Å². The van der Waals surface area contributed by atoms with Crippen molar-refractivity contribution >= 4 is 16.2 Å². The van der Waals surface area contributed by atoms with Gasteiger partial charge >= 0.3 is 0 Å². The smallest absolute Gasteiger partial charge is 0.117 e. The van der Waals surface area contributed by atoms with Gasteiger partial charge in [-0.3, -0.25) is 0 Å². The Bertz CT molecular complexity index is 510. The third-order valence-electron chi connectivity index (χ3n) is 3.26. The predicted molar refractivity (Wildman–Crippen MR) is 96.2 cm³/mol. The zero-order chi connectivity index (χ0) is 17.6. The molecule has 0 fully saturated rings. The monoisotopic (exact) mass is 341 g/mol. The molecule has 5 heteroatoms. The zero-order valence-electron chi connectivity index (χ0n) is 14.6. The molecule has 0 saturated heterocycles. The lowest BCUT2D eigenvalue weighted by Gasteiger charge is -2.05. The Hall–Kier alpha value is -1.17. The highest BCUT2D eigenvalue weighted by Gasteiger charge is 1.93. The van der Waals surface area contributed by atoms with Gasteiger partial charge in [0.15, 0.2) is 0 Å². The van der Waals surface area contributed by atoms with Gasteiger partial charge < -0.3 is 9.45 Å². The fourth-order valence-electron chi connectivity index (χ4n) is 1.98. The molecule has 23 heavy (non-hydrogen) atoms. The Morgan fingerprint density at radius 1 is 1.00 bits per heavy atom. The highest BCUT2D eigenvalue weighted by atomic mass is 32.2. The lowest BCUT2D eigenvalue weighted by molar-refractivity contribution is -0.858. The van der Waals surface area contributed by atoms with E-state index in [4.69, 9.17) is 0 Å². The third kappa shape index (κ3) is 17.0. The molecule has 1 N–H and O–H groups in total. The van der Waals surface area contributed by atoms with E-state index in [1.165, 1.54) is 51.1 Å². The Kier molecular flexibility index (Phi) is 12.6. The van der Waals surface area contributed by atoms with E-state index in [1.54, 1.807) is 29.2 Å². The molecule has 0 bridgehead atoms. The van der Waals surface area contributed by atoms with Gasteiger partial charge in [-0.05, 0) is 24.5 Å². The molecule has 0 spiro atoms. The first-order valence-electron chi connectivity index (χ1n) is 8.33. The maximum Gasteiger partial charge on any atom is 0.117 e. The van der Waals surface area contributed by atoms with E-state index in [9.17, 15) is 13.0 Å². The third-order valence-corrected chi connectivity index (χ3v) is 3.73. The van der Waals surface area contributed by atoms with E-state index >= 15 is 0 Å². The number of hydrogen-bond donors (Lipinski definition) is 1. The van der Waals surface area contributed by atoms with Crippen molar-refractivity contribution in [2.24, 2.45) is 0 Å². The van der Waals surface area contributed by atoms with E-state index in [0.29, 0.717) is 11.0 Å². The van der Waals surface area contributed by atoms with E-state index in [2.05, 4.69) is 21.0 Å². The van der Waals surface area contributed by atoms with Crippen LogP contribution in [0.25, 0.3) is 6.08 Å². The van der Waals surface area contributed by atoms with Gasteiger partial charge in [0.05, 0.1) is 20.6 Å². The summed E-state index contributed by atoms with van der Waals surface area (Å²) < 4.78 is 30.5. The van der Waals surface area contributed by atoms with Crippen molar-refractivity contribution in [3.8, 4) is 0 Å². The molecule has 0 unspecified atom stereocenters. The maximum absolute atomic E-state index is 10.2. The maximum atomic E-state index is 10.2. The summed E-state index contributed by atoms with van der Waals surface area (Å²) in [5, 5.41) is 0.641. The van der Waals surface area contributed by atoms with Crippen LogP contribution >= 0.6 is 0 Å². The Labute approximate surface area is 142 Å². The summed E-state index contributed by atoms with van der Waals surface area (Å²) in [7, 11) is 0.204. The van der Waals surface area contributed by atoms with Crippen LogP contribution in [-0.4, -0.2) is 33.6 Å².